The molecule has 0 amide bonds. The number of benzene rings is 8. The van der Waals surface area contributed by atoms with Crippen LogP contribution in [0, 0.1) is 0 Å². The van der Waals surface area contributed by atoms with Crippen LogP contribution in [0.1, 0.15) is 22.3 Å². The van der Waals surface area contributed by atoms with Gasteiger partial charge in [0.25, 0.3) is 0 Å². The zero-order chi connectivity index (χ0) is 32.6. The summed E-state index contributed by atoms with van der Waals surface area (Å²) in [4.78, 5) is 2.60. The van der Waals surface area contributed by atoms with E-state index < -0.39 is 5.41 Å². The Hall–Kier alpha value is -6.03. The highest BCUT2D eigenvalue weighted by Crippen LogP contribution is 2.63. The van der Waals surface area contributed by atoms with Gasteiger partial charge < -0.3 is 8.98 Å². The normalized spacial score (nSPS) is 14.1. The molecule has 8 aromatic carbocycles. The van der Waals surface area contributed by atoms with E-state index in [1.54, 1.807) is 0 Å². The van der Waals surface area contributed by atoms with Crippen LogP contribution in [0.5, 0.6) is 0 Å². The van der Waals surface area contributed by atoms with Gasteiger partial charge in [0.1, 0.15) is 11.2 Å². The van der Waals surface area contributed by atoms with E-state index in [-0.39, 0.29) is 0 Å². The van der Waals surface area contributed by atoms with E-state index >= 15 is 0 Å². The summed E-state index contributed by atoms with van der Waals surface area (Å²) in [6.45, 7) is 0. The Morgan fingerprint density at radius 2 is 1.14 bits per heavy atom. The molecule has 0 bridgehead atoms. The molecule has 0 radical (unpaired) electrons. The van der Waals surface area contributed by atoms with Gasteiger partial charge >= 0.3 is 0 Å². The average Bonchev–Trinajstić information content (AvgIpc) is 3.82. The van der Waals surface area contributed by atoms with Crippen LogP contribution < -0.4 is 0 Å². The van der Waals surface area contributed by atoms with Crippen molar-refractivity contribution >= 4 is 66.3 Å². The van der Waals surface area contributed by atoms with Gasteiger partial charge in [-0.25, -0.2) is 0 Å². The standard InChI is InChI=1S/C47H27NOS/c1-2-12-30-28(11-1)21-26-40-44(30)35-24-25-39-46(45(35)48(40)29-22-23-34-33-15-5-9-19-41(33)49-42(34)27-29)50-43-20-10-8-18-38(43)47(39)36-16-6-3-13-31(36)32-14-4-7-17-37(32)47/h1-27H. The molecule has 3 heteroatoms. The van der Waals surface area contributed by atoms with Crippen molar-refractivity contribution in [3.8, 4) is 16.8 Å². The smallest absolute Gasteiger partial charge is 0.137 e. The first-order valence-corrected chi connectivity index (χ1v) is 18.0. The lowest BCUT2D eigenvalue weighted by Gasteiger charge is -2.40. The summed E-state index contributed by atoms with van der Waals surface area (Å²) < 4.78 is 8.98. The second-order valence-corrected chi connectivity index (χ2v) is 14.6. The van der Waals surface area contributed by atoms with E-state index in [0.717, 1.165) is 27.6 Å². The van der Waals surface area contributed by atoms with E-state index in [0.29, 0.717) is 0 Å². The van der Waals surface area contributed by atoms with E-state index in [9.17, 15) is 0 Å². The minimum atomic E-state index is -0.440. The number of hydrogen-bond donors (Lipinski definition) is 0. The molecular weight excluding hydrogens is 627 g/mol. The minimum absolute atomic E-state index is 0.440. The van der Waals surface area contributed by atoms with Crippen LogP contribution in [0.4, 0.5) is 0 Å². The maximum Gasteiger partial charge on any atom is 0.137 e. The third-order valence-electron chi connectivity index (χ3n) is 11.3. The summed E-state index contributed by atoms with van der Waals surface area (Å²) >= 11 is 1.91. The molecule has 0 unspecified atom stereocenters. The summed E-state index contributed by atoms with van der Waals surface area (Å²) in [5.41, 5.74) is 12.9. The van der Waals surface area contributed by atoms with Crippen LogP contribution in [0.3, 0.4) is 0 Å². The third-order valence-corrected chi connectivity index (χ3v) is 12.4. The minimum Gasteiger partial charge on any atom is -0.456 e. The number of aromatic nitrogens is 1. The molecule has 0 saturated heterocycles. The Bertz CT molecular complexity index is 3040. The van der Waals surface area contributed by atoms with Crippen molar-refractivity contribution in [1.82, 2.24) is 4.57 Å². The summed E-state index contributed by atoms with van der Waals surface area (Å²) in [5.74, 6) is 0. The molecule has 1 aliphatic heterocycles. The van der Waals surface area contributed by atoms with Crippen molar-refractivity contribution in [1.29, 1.82) is 0 Å². The summed E-state index contributed by atoms with van der Waals surface area (Å²) in [6.07, 6.45) is 0. The van der Waals surface area contributed by atoms with Crippen molar-refractivity contribution in [2.24, 2.45) is 0 Å². The fourth-order valence-electron chi connectivity index (χ4n) is 9.30. The fourth-order valence-corrected chi connectivity index (χ4v) is 10.6. The molecular formula is C47H27NOS. The molecule has 50 heavy (non-hydrogen) atoms. The van der Waals surface area contributed by atoms with E-state index in [2.05, 4.69) is 162 Å². The number of rotatable bonds is 1. The molecule has 0 saturated carbocycles. The highest BCUT2D eigenvalue weighted by atomic mass is 32.2. The largest absolute Gasteiger partial charge is 0.456 e. The summed E-state index contributed by atoms with van der Waals surface area (Å²) in [5, 5.41) is 7.35. The van der Waals surface area contributed by atoms with Crippen LogP contribution in [-0.4, -0.2) is 4.57 Å². The first-order chi connectivity index (χ1) is 24.8. The first-order valence-electron chi connectivity index (χ1n) is 17.2. The van der Waals surface area contributed by atoms with Crippen molar-refractivity contribution in [3.63, 3.8) is 0 Å². The van der Waals surface area contributed by atoms with Gasteiger partial charge in [0.05, 0.1) is 16.4 Å². The Balaban J connectivity index is 1.27. The second kappa shape index (κ2) is 9.56. The zero-order valence-corrected chi connectivity index (χ0v) is 27.7. The SMILES string of the molecule is c1ccc2c(c1)Sc1c(ccc3c4c5ccccc5ccc4n(-c4ccc5c(c4)oc4ccccc45)c13)C21c2ccccc2-c2ccccc21. The van der Waals surface area contributed by atoms with Gasteiger partial charge in [-0.1, -0.05) is 139 Å². The van der Waals surface area contributed by atoms with Gasteiger partial charge in [-0.15, -0.1) is 0 Å². The van der Waals surface area contributed by atoms with Gasteiger partial charge in [-0.05, 0) is 74.5 Å². The van der Waals surface area contributed by atoms with Crippen LogP contribution in [0.15, 0.2) is 178 Å². The Labute approximate surface area is 292 Å². The number of hydrogen-bond acceptors (Lipinski definition) is 2. The van der Waals surface area contributed by atoms with E-state index in [1.807, 2.05) is 17.8 Å². The second-order valence-electron chi connectivity index (χ2n) is 13.6. The van der Waals surface area contributed by atoms with Crippen LogP contribution in [0.2, 0.25) is 0 Å². The molecule has 0 fully saturated rings. The van der Waals surface area contributed by atoms with Crippen LogP contribution in [-0.2, 0) is 5.41 Å². The topological polar surface area (TPSA) is 18.1 Å². The lowest BCUT2D eigenvalue weighted by atomic mass is 9.67. The molecule has 0 N–H and O–H groups in total. The lowest BCUT2D eigenvalue weighted by molar-refractivity contribution is 0.668. The summed E-state index contributed by atoms with van der Waals surface area (Å²) in [7, 11) is 0. The highest BCUT2D eigenvalue weighted by molar-refractivity contribution is 7.99. The molecule has 2 aliphatic rings. The number of para-hydroxylation sites is 1. The predicted molar refractivity (Wildman–Crippen MR) is 207 cm³/mol. The number of furan rings is 1. The monoisotopic (exact) mass is 653 g/mol. The maximum absolute atomic E-state index is 6.48. The van der Waals surface area contributed by atoms with Crippen molar-refractivity contribution in [3.05, 3.63) is 186 Å². The van der Waals surface area contributed by atoms with Crippen molar-refractivity contribution in [2.75, 3.05) is 0 Å². The Morgan fingerprint density at radius 3 is 1.98 bits per heavy atom. The zero-order valence-electron chi connectivity index (χ0n) is 26.9. The quantitative estimate of drug-likeness (QED) is 0.175. The first kappa shape index (κ1) is 26.9. The molecule has 1 spiro atoms. The van der Waals surface area contributed by atoms with Crippen LogP contribution >= 0.6 is 11.8 Å². The van der Waals surface area contributed by atoms with Gasteiger partial charge in [0.2, 0.25) is 0 Å². The molecule has 12 rings (SSSR count). The molecule has 0 atom stereocenters. The van der Waals surface area contributed by atoms with Crippen molar-refractivity contribution < 1.29 is 4.42 Å². The number of nitrogens with zero attached hydrogens (tertiary/aromatic N) is 1. The van der Waals surface area contributed by atoms with Gasteiger partial charge in [0, 0.05) is 43.1 Å². The van der Waals surface area contributed by atoms with E-state index in [4.69, 9.17) is 4.42 Å². The molecule has 10 aromatic rings. The lowest BCUT2D eigenvalue weighted by Crippen LogP contribution is -2.32. The predicted octanol–water partition coefficient (Wildman–Crippen LogP) is 12.7. The number of fused-ring (bicyclic) bond motifs is 18. The summed E-state index contributed by atoms with van der Waals surface area (Å²) in [6, 6.07) is 60.5. The molecule has 1 aliphatic carbocycles. The van der Waals surface area contributed by atoms with E-state index in [1.165, 1.54) is 75.7 Å². The molecule has 2 nitrogen and oxygen atoms in total. The van der Waals surface area contributed by atoms with Crippen molar-refractivity contribution in [2.45, 2.75) is 15.2 Å². The molecule has 2 aromatic heterocycles. The maximum atomic E-state index is 6.48. The third kappa shape index (κ3) is 3.22. The fraction of sp³-hybridized carbons (Fsp3) is 0.0213. The molecule has 232 valence electrons. The average molecular weight is 654 g/mol. The Morgan fingerprint density at radius 1 is 0.480 bits per heavy atom. The highest BCUT2D eigenvalue weighted by Gasteiger charge is 2.50. The Kier molecular flexibility index (Phi) is 5.14. The van der Waals surface area contributed by atoms with Crippen LogP contribution in [0.25, 0.3) is 71.3 Å². The molecule has 3 heterocycles. The van der Waals surface area contributed by atoms with Gasteiger partial charge in [-0.3, -0.25) is 0 Å². The van der Waals surface area contributed by atoms with Gasteiger partial charge in [-0.2, -0.15) is 0 Å². The van der Waals surface area contributed by atoms with Gasteiger partial charge in [0.15, 0.2) is 0 Å².